The zero-order chi connectivity index (χ0) is 17.2. The van der Waals surface area contributed by atoms with E-state index in [1.165, 1.54) is 0 Å². The van der Waals surface area contributed by atoms with Gasteiger partial charge in [0, 0.05) is 6.04 Å². The number of carboxylic acid groups (broad SMARTS) is 1. The highest BCUT2D eigenvalue weighted by Gasteiger charge is 2.26. The second-order valence-electron chi connectivity index (χ2n) is 6.05. The largest absolute Gasteiger partial charge is 0.481 e. The summed E-state index contributed by atoms with van der Waals surface area (Å²) in [6.07, 6.45) is 2.66. The van der Waals surface area contributed by atoms with Crippen LogP contribution in [0.2, 0.25) is 0 Å². The van der Waals surface area contributed by atoms with Crippen molar-refractivity contribution in [2.45, 2.75) is 38.3 Å². The summed E-state index contributed by atoms with van der Waals surface area (Å²) < 4.78 is 10.8. The van der Waals surface area contributed by atoms with E-state index in [0.29, 0.717) is 45.5 Å². The lowest BCUT2D eigenvalue weighted by molar-refractivity contribution is -0.142. The number of benzene rings is 1. The molecule has 0 spiro atoms. The maximum absolute atomic E-state index is 11.8. The van der Waals surface area contributed by atoms with E-state index < -0.39 is 5.97 Å². The lowest BCUT2D eigenvalue weighted by Gasteiger charge is -2.26. The van der Waals surface area contributed by atoms with Gasteiger partial charge in [-0.15, -0.1) is 0 Å². The van der Waals surface area contributed by atoms with Crippen molar-refractivity contribution < 1.29 is 24.2 Å². The van der Waals surface area contributed by atoms with Crippen molar-refractivity contribution in [1.82, 2.24) is 5.32 Å². The molecule has 0 radical (unpaired) electrons. The third-order valence-electron chi connectivity index (χ3n) is 4.16. The molecule has 2 N–H and O–H groups in total. The van der Waals surface area contributed by atoms with Gasteiger partial charge in [-0.05, 0) is 31.2 Å². The lowest BCUT2D eigenvalue weighted by Crippen LogP contribution is -2.40. The number of nitrogens with one attached hydrogen (secondary N) is 1. The van der Waals surface area contributed by atoms with E-state index in [2.05, 4.69) is 5.32 Å². The van der Waals surface area contributed by atoms with Crippen LogP contribution in [0.3, 0.4) is 0 Å². The van der Waals surface area contributed by atoms with Crippen LogP contribution in [0.15, 0.2) is 30.3 Å². The van der Waals surface area contributed by atoms with Crippen LogP contribution in [0.5, 0.6) is 0 Å². The van der Waals surface area contributed by atoms with E-state index in [9.17, 15) is 9.59 Å². The van der Waals surface area contributed by atoms with Crippen LogP contribution in [-0.4, -0.2) is 42.8 Å². The molecule has 1 saturated carbocycles. The Morgan fingerprint density at radius 1 is 1.04 bits per heavy atom. The molecule has 132 valence electrons. The zero-order valence-corrected chi connectivity index (χ0v) is 13.8. The van der Waals surface area contributed by atoms with Crippen molar-refractivity contribution in [3.05, 3.63) is 35.9 Å². The molecule has 0 heterocycles. The Hall–Kier alpha value is -1.92. The van der Waals surface area contributed by atoms with Crippen molar-refractivity contribution in [2.75, 3.05) is 19.8 Å². The number of carbonyl (C=O) groups is 2. The van der Waals surface area contributed by atoms with Crippen LogP contribution < -0.4 is 5.32 Å². The summed E-state index contributed by atoms with van der Waals surface area (Å²) in [6, 6.07) is 9.93. The number of ether oxygens (including phenoxy) is 2. The van der Waals surface area contributed by atoms with Crippen LogP contribution in [0.1, 0.15) is 31.2 Å². The smallest absolute Gasteiger partial charge is 0.306 e. The normalized spacial score (nSPS) is 20.5. The molecular formula is C18H25NO5. The van der Waals surface area contributed by atoms with Gasteiger partial charge in [0.05, 0.1) is 25.7 Å². The highest BCUT2D eigenvalue weighted by atomic mass is 16.5. The van der Waals surface area contributed by atoms with Gasteiger partial charge >= 0.3 is 5.97 Å². The topological polar surface area (TPSA) is 84.9 Å². The van der Waals surface area contributed by atoms with Gasteiger partial charge in [-0.3, -0.25) is 9.59 Å². The molecule has 1 aromatic carbocycles. The Labute approximate surface area is 142 Å². The molecule has 0 bridgehead atoms. The summed E-state index contributed by atoms with van der Waals surface area (Å²) in [5.74, 6) is -1.16. The number of hydrogen-bond donors (Lipinski definition) is 2. The lowest BCUT2D eigenvalue weighted by atomic mass is 9.86. The molecule has 0 aromatic heterocycles. The van der Waals surface area contributed by atoms with Crippen LogP contribution in [0.25, 0.3) is 0 Å². The molecule has 1 aliphatic carbocycles. The first-order valence-electron chi connectivity index (χ1n) is 8.36. The Balaban J connectivity index is 1.49. The van der Waals surface area contributed by atoms with Gasteiger partial charge in [-0.1, -0.05) is 30.3 Å². The fraction of sp³-hybridized carbons (Fsp3) is 0.556. The highest BCUT2D eigenvalue weighted by molar-refractivity contribution is 5.77. The SMILES string of the molecule is O=C(COCCOCc1ccccc1)NC1CCC(C(=O)O)CC1. The molecule has 2 rings (SSSR count). The fourth-order valence-electron chi connectivity index (χ4n) is 2.80. The standard InChI is InChI=1S/C18H25NO5/c20-17(19-16-8-6-15(7-9-16)18(21)22)13-24-11-10-23-12-14-4-2-1-3-5-14/h1-5,15-16H,6-13H2,(H,19,20)(H,21,22). The Morgan fingerprint density at radius 3 is 2.38 bits per heavy atom. The number of amides is 1. The molecule has 0 unspecified atom stereocenters. The molecule has 6 heteroatoms. The van der Waals surface area contributed by atoms with E-state index >= 15 is 0 Å². The third kappa shape index (κ3) is 6.68. The van der Waals surface area contributed by atoms with E-state index in [1.807, 2.05) is 30.3 Å². The van der Waals surface area contributed by atoms with E-state index in [0.717, 1.165) is 5.56 Å². The molecule has 1 fully saturated rings. The van der Waals surface area contributed by atoms with Crippen molar-refractivity contribution in [3.8, 4) is 0 Å². The van der Waals surface area contributed by atoms with Gasteiger partial charge in [0.1, 0.15) is 6.61 Å². The molecule has 1 amide bonds. The number of rotatable bonds is 9. The quantitative estimate of drug-likeness (QED) is 0.674. The van der Waals surface area contributed by atoms with Gasteiger partial charge in [-0.2, -0.15) is 0 Å². The van der Waals surface area contributed by atoms with Gasteiger partial charge in [0.2, 0.25) is 5.91 Å². The third-order valence-corrected chi connectivity index (χ3v) is 4.16. The average molecular weight is 335 g/mol. The van der Waals surface area contributed by atoms with E-state index in [4.69, 9.17) is 14.6 Å². The Morgan fingerprint density at radius 2 is 1.71 bits per heavy atom. The molecule has 1 aromatic rings. The van der Waals surface area contributed by atoms with Gasteiger partial charge < -0.3 is 19.9 Å². The van der Waals surface area contributed by atoms with Crippen molar-refractivity contribution in [2.24, 2.45) is 5.92 Å². The van der Waals surface area contributed by atoms with E-state index in [1.54, 1.807) is 0 Å². The van der Waals surface area contributed by atoms with Crippen molar-refractivity contribution in [1.29, 1.82) is 0 Å². The van der Waals surface area contributed by atoms with Crippen molar-refractivity contribution in [3.63, 3.8) is 0 Å². The molecule has 6 nitrogen and oxygen atoms in total. The summed E-state index contributed by atoms with van der Waals surface area (Å²) >= 11 is 0. The summed E-state index contributed by atoms with van der Waals surface area (Å²) in [4.78, 5) is 22.7. The molecule has 0 aliphatic heterocycles. The minimum Gasteiger partial charge on any atom is -0.481 e. The Kier molecular flexibility index (Phi) is 7.71. The molecular weight excluding hydrogens is 310 g/mol. The highest BCUT2D eigenvalue weighted by Crippen LogP contribution is 2.24. The average Bonchev–Trinajstić information content (AvgIpc) is 2.59. The zero-order valence-electron chi connectivity index (χ0n) is 13.8. The summed E-state index contributed by atoms with van der Waals surface area (Å²) in [7, 11) is 0. The van der Waals surface area contributed by atoms with Crippen molar-refractivity contribution >= 4 is 11.9 Å². The summed E-state index contributed by atoms with van der Waals surface area (Å²) in [5.41, 5.74) is 1.10. The Bertz CT molecular complexity index is 511. The minimum atomic E-state index is -0.737. The fourth-order valence-corrected chi connectivity index (χ4v) is 2.80. The number of carboxylic acids is 1. The first-order chi connectivity index (χ1) is 11.6. The van der Waals surface area contributed by atoms with E-state index in [-0.39, 0.29) is 24.5 Å². The van der Waals surface area contributed by atoms with Crippen LogP contribution in [-0.2, 0) is 25.7 Å². The minimum absolute atomic E-state index is 0.00750. The first kappa shape index (κ1) is 18.4. The predicted molar refractivity (Wildman–Crippen MR) is 88.4 cm³/mol. The molecule has 1 aliphatic rings. The van der Waals surface area contributed by atoms with Crippen LogP contribution >= 0.6 is 0 Å². The monoisotopic (exact) mass is 335 g/mol. The summed E-state index contributed by atoms with van der Waals surface area (Å²) in [5, 5.41) is 11.8. The maximum Gasteiger partial charge on any atom is 0.306 e. The van der Waals surface area contributed by atoms with Crippen LogP contribution in [0.4, 0.5) is 0 Å². The maximum atomic E-state index is 11.8. The molecule has 0 atom stereocenters. The summed E-state index contributed by atoms with van der Waals surface area (Å²) in [6.45, 7) is 1.34. The molecule has 0 saturated heterocycles. The number of carbonyl (C=O) groups excluding carboxylic acids is 1. The van der Waals surface area contributed by atoms with Gasteiger partial charge in [-0.25, -0.2) is 0 Å². The predicted octanol–water partition coefficient (Wildman–Crippen LogP) is 1.98. The van der Waals surface area contributed by atoms with Crippen LogP contribution in [0, 0.1) is 5.92 Å². The molecule has 24 heavy (non-hydrogen) atoms. The van der Waals surface area contributed by atoms with Gasteiger partial charge in [0.25, 0.3) is 0 Å². The first-order valence-corrected chi connectivity index (χ1v) is 8.36. The van der Waals surface area contributed by atoms with Gasteiger partial charge in [0.15, 0.2) is 0 Å². The second kappa shape index (κ2) is 10.1. The second-order valence-corrected chi connectivity index (χ2v) is 6.05. The number of aliphatic carboxylic acids is 1. The number of hydrogen-bond acceptors (Lipinski definition) is 4.